The number of aromatic nitrogens is 1. The van der Waals surface area contributed by atoms with E-state index in [1.807, 2.05) is 44.2 Å². The molecule has 10 heteroatoms. The zero-order chi connectivity index (χ0) is 32.2. The van der Waals surface area contributed by atoms with Crippen LogP contribution in [0.1, 0.15) is 56.0 Å². The number of hydrogen-bond acceptors (Lipinski definition) is 7. The van der Waals surface area contributed by atoms with Gasteiger partial charge >= 0.3 is 6.03 Å². The summed E-state index contributed by atoms with van der Waals surface area (Å²) < 4.78 is 12.8. The number of nitrogens with one attached hydrogen (secondary N) is 2. The molecule has 1 aromatic heterocycles. The van der Waals surface area contributed by atoms with Gasteiger partial charge in [0.2, 0.25) is 0 Å². The lowest BCUT2D eigenvalue weighted by Gasteiger charge is -2.36. The first-order valence-electron chi connectivity index (χ1n) is 15.8. The Balaban J connectivity index is 1.59. The van der Waals surface area contributed by atoms with Crippen LogP contribution in [-0.4, -0.2) is 83.4 Å². The smallest absolute Gasteiger partial charge is 0.323 e. The van der Waals surface area contributed by atoms with E-state index in [9.17, 15) is 14.7 Å². The van der Waals surface area contributed by atoms with Gasteiger partial charge in [0.15, 0.2) is 0 Å². The Morgan fingerprint density at radius 3 is 2.53 bits per heavy atom. The van der Waals surface area contributed by atoms with Gasteiger partial charge in [-0.25, -0.2) is 4.79 Å². The lowest BCUT2D eigenvalue weighted by molar-refractivity contribution is -0.0177. The first kappa shape index (κ1) is 33.9. The number of ether oxygens (including phenoxy) is 2. The van der Waals surface area contributed by atoms with E-state index in [2.05, 4.69) is 34.5 Å². The number of carbonyl (C=O) groups excluding carboxylic acids is 2. The number of rotatable bonds is 8. The lowest BCUT2D eigenvalue weighted by atomic mass is 10.0. The number of likely N-dealkylation sites (N-methyl/N-ethyl adjacent to an activating group) is 1. The second-order valence-electron chi connectivity index (χ2n) is 12.0. The van der Waals surface area contributed by atoms with Crippen molar-refractivity contribution < 1.29 is 24.2 Å². The van der Waals surface area contributed by atoms with Crippen molar-refractivity contribution in [1.29, 1.82) is 0 Å². The second-order valence-corrected chi connectivity index (χ2v) is 12.0. The van der Waals surface area contributed by atoms with Crippen molar-refractivity contribution in [3.8, 4) is 5.75 Å². The van der Waals surface area contributed by atoms with E-state index in [1.54, 1.807) is 47.6 Å². The van der Waals surface area contributed by atoms with Gasteiger partial charge in [-0.1, -0.05) is 25.1 Å². The van der Waals surface area contributed by atoms with Gasteiger partial charge in [0.05, 0.1) is 30.4 Å². The van der Waals surface area contributed by atoms with Gasteiger partial charge in [-0.2, -0.15) is 0 Å². The summed E-state index contributed by atoms with van der Waals surface area (Å²) in [6.07, 6.45) is 5.94. The van der Waals surface area contributed by atoms with Crippen LogP contribution in [0.2, 0.25) is 0 Å². The number of nitrogens with zero attached hydrogens (tertiary/aromatic N) is 3. The molecular weight excluding hydrogens is 570 g/mol. The van der Waals surface area contributed by atoms with Crippen LogP contribution in [-0.2, 0) is 11.3 Å². The third-order valence-electron chi connectivity index (χ3n) is 8.03. The van der Waals surface area contributed by atoms with Crippen LogP contribution in [0, 0.1) is 5.92 Å². The molecule has 0 aliphatic carbocycles. The third-order valence-corrected chi connectivity index (χ3v) is 8.03. The normalized spacial score (nSPS) is 20.4. The van der Waals surface area contributed by atoms with E-state index >= 15 is 0 Å². The first-order valence-corrected chi connectivity index (χ1v) is 15.8. The molecule has 10 nitrogen and oxygen atoms in total. The Labute approximate surface area is 266 Å². The van der Waals surface area contributed by atoms with E-state index in [4.69, 9.17) is 9.47 Å². The van der Waals surface area contributed by atoms with Crippen LogP contribution in [0.25, 0.3) is 0 Å². The molecule has 3 aromatic rings. The number of hydrogen-bond donors (Lipinski definition) is 3. The van der Waals surface area contributed by atoms with E-state index in [1.165, 1.54) is 5.56 Å². The highest BCUT2D eigenvalue weighted by Gasteiger charge is 2.30. The van der Waals surface area contributed by atoms with Gasteiger partial charge in [0.1, 0.15) is 5.75 Å². The number of urea groups is 1. The Morgan fingerprint density at radius 2 is 1.80 bits per heavy atom. The Kier molecular flexibility index (Phi) is 12.7. The quantitative estimate of drug-likeness (QED) is 0.299. The second kappa shape index (κ2) is 16.9. The van der Waals surface area contributed by atoms with Crippen LogP contribution >= 0.6 is 0 Å². The molecule has 0 radical (unpaired) electrons. The fourth-order valence-electron chi connectivity index (χ4n) is 5.45. The predicted octanol–water partition coefficient (Wildman–Crippen LogP) is 5.65. The first-order chi connectivity index (χ1) is 21.7. The fraction of sp³-hybridized carbons (Fsp3) is 0.457. The number of benzene rings is 2. The molecule has 0 spiro atoms. The van der Waals surface area contributed by atoms with E-state index in [0.717, 1.165) is 25.8 Å². The summed E-state index contributed by atoms with van der Waals surface area (Å²) in [6.45, 7) is 8.13. The number of aliphatic hydroxyl groups is 1. The zero-order valence-corrected chi connectivity index (χ0v) is 26.8. The van der Waals surface area contributed by atoms with Crippen molar-refractivity contribution in [2.45, 2.75) is 64.8 Å². The Morgan fingerprint density at radius 1 is 1.07 bits per heavy atom. The van der Waals surface area contributed by atoms with Crippen molar-refractivity contribution in [1.82, 2.24) is 14.8 Å². The number of pyridine rings is 1. The average molecular weight is 618 g/mol. The molecule has 1 aliphatic rings. The molecule has 0 bridgehead atoms. The maximum absolute atomic E-state index is 14.3. The van der Waals surface area contributed by atoms with Gasteiger partial charge in [0.25, 0.3) is 5.91 Å². The molecule has 3 amide bonds. The maximum Gasteiger partial charge on any atom is 0.323 e. The summed E-state index contributed by atoms with van der Waals surface area (Å²) in [5, 5.41) is 15.8. The molecule has 3 N–H and O–H groups in total. The lowest BCUT2D eigenvalue weighted by Crippen LogP contribution is -2.47. The molecule has 1 aliphatic heterocycles. The number of amides is 3. The largest absolute Gasteiger partial charge is 0.490 e. The summed E-state index contributed by atoms with van der Waals surface area (Å²) in [6, 6.07) is 17.4. The third kappa shape index (κ3) is 10.3. The van der Waals surface area contributed by atoms with Crippen molar-refractivity contribution in [2.75, 3.05) is 44.0 Å². The van der Waals surface area contributed by atoms with Crippen LogP contribution in [0.3, 0.4) is 0 Å². The Bertz CT molecular complexity index is 1360. The predicted molar refractivity (Wildman–Crippen MR) is 177 cm³/mol. The monoisotopic (exact) mass is 617 g/mol. The SMILES string of the molecule is C[C@@H]1CCCCO[C@H](CN(C)Cc2ccncc2)[C@H](C)CN([C@H](C)CO)C(=O)c2cc(NC(=O)Nc3ccccc3)ccc2O1. The highest BCUT2D eigenvalue weighted by molar-refractivity contribution is 6.02. The zero-order valence-electron chi connectivity index (χ0n) is 26.8. The highest BCUT2D eigenvalue weighted by atomic mass is 16.5. The minimum Gasteiger partial charge on any atom is -0.490 e. The fourth-order valence-corrected chi connectivity index (χ4v) is 5.45. The summed E-state index contributed by atoms with van der Waals surface area (Å²) in [5.74, 6) is 0.136. The molecule has 0 unspecified atom stereocenters. The van der Waals surface area contributed by atoms with Crippen LogP contribution < -0.4 is 15.4 Å². The van der Waals surface area contributed by atoms with Crippen LogP contribution in [0.5, 0.6) is 5.75 Å². The van der Waals surface area contributed by atoms with Crippen molar-refractivity contribution in [3.05, 3.63) is 84.2 Å². The molecule has 4 atom stereocenters. The molecular formula is C35H47N5O5. The van der Waals surface area contributed by atoms with Crippen molar-refractivity contribution in [3.63, 3.8) is 0 Å². The highest BCUT2D eigenvalue weighted by Crippen LogP contribution is 2.28. The number of para-hydroxylation sites is 1. The number of anilines is 2. The molecule has 4 rings (SSSR count). The van der Waals surface area contributed by atoms with Crippen molar-refractivity contribution >= 4 is 23.3 Å². The summed E-state index contributed by atoms with van der Waals surface area (Å²) in [4.78, 5) is 35.1. The molecule has 2 aromatic carbocycles. The van der Waals surface area contributed by atoms with Gasteiger partial charge in [-0.3, -0.25) is 14.7 Å². The van der Waals surface area contributed by atoms with Crippen molar-refractivity contribution in [2.24, 2.45) is 5.92 Å². The summed E-state index contributed by atoms with van der Waals surface area (Å²) in [7, 11) is 2.07. The maximum atomic E-state index is 14.3. The number of carbonyl (C=O) groups is 2. The van der Waals surface area contributed by atoms with E-state index < -0.39 is 12.1 Å². The molecule has 45 heavy (non-hydrogen) atoms. The molecule has 2 heterocycles. The van der Waals surface area contributed by atoms with Crippen LogP contribution in [0.15, 0.2) is 73.1 Å². The topological polar surface area (TPSA) is 116 Å². The summed E-state index contributed by atoms with van der Waals surface area (Å²) in [5.41, 5.74) is 2.61. The standard InChI is InChI=1S/C35H47N5O5/c1-25-21-40(26(2)24-41)34(42)31-20-30(38-35(43)37-29-11-6-5-7-12-29)13-14-32(31)45-27(3)10-8-9-19-44-33(25)23-39(4)22-28-15-17-36-18-16-28/h5-7,11-18,20,25-27,33,41H,8-10,19,21-24H2,1-4H3,(H2,37,38,43)/t25-,26-,27-,33-/m1/s1. The number of fused-ring (bicyclic) bond motifs is 1. The molecule has 0 saturated carbocycles. The van der Waals surface area contributed by atoms with Gasteiger partial charge < -0.3 is 30.1 Å². The van der Waals surface area contributed by atoms with E-state index in [-0.39, 0.29) is 30.6 Å². The van der Waals surface area contributed by atoms with E-state index in [0.29, 0.717) is 42.4 Å². The van der Waals surface area contributed by atoms with Crippen LogP contribution in [0.4, 0.5) is 16.2 Å². The minimum atomic E-state index is -0.452. The molecule has 0 saturated heterocycles. The Hall–Kier alpha value is -3.99. The minimum absolute atomic E-state index is 0.0352. The molecule has 242 valence electrons. The number of aliphatic hydroxyl groups excluding tert-OH is 1. The van der Waals surface area contributed by atoms with Gasteiger partial charge in [0, 0.05) is 55.9 Å². The summed E-state index contributed by atoms with van der Waals surface area (Å²) >= 11 is 0. The van der Waals surface area contributed by atoms with Gasteiger partial charge in [-0.15, -0.1) is 0 Å². The molecule has 0 fully saturated rings. The average Bonchev–Trinajstić information content (AvgIpc) is 3.03. The van der Waals surface area contributed by atoms with Gasteiger partial charge in [-0.05, 0) is 88.2 Å².